The number of aromatic amines is 1. The molecular formula is C27H26F3N9O. The number of carbonyl (C=O) groups is 1. The SMILES string of the molecule is N#CCC1(n2ccc(-c3ncnc4[nH]ccc34)c2)CN(C2CCN(C(=O)Nc3ccc(C(F)(F)F)nc3)CC2)C1. The number of nitrogens with zero attached hydrogens (tertiary/aromatic N) is 7. The topological polar surface area (TPSA) is 119 Å². The summed E-state index contributed by atoms with van der Waals surface area (Å²) >= 11 is 0. The summed E-state index contributed by atoms with van der Waals surface area (Å²) in [4.78, 5) is 31.9. The first kappa shape index (κ1) is 25.8. The van der Waals surface area contributed by atoms with Crippen LogP contribution in [0.3, 0.4) is 0 Å². The zero-order valence-electron chi connectivity index (χ0n) is 21.4. The van der Waals surface area contributed by atoms with E-state index < -0.39 is 11.9 Å². The van der Waals surface area contributed by atoms with E-state index in [2.05, 4.69) is 40.8 Å². The van der Waals surface area contributed by atoms with Crippen LogP contribution in [-0.2, 0) is 11.7 Å². The lowest BCUT2D eigenvalue weighted by molar-refractivity contribution is -0.141. The minimum Gasteiger partial charge on any atom is -0.346 e. The number of fused-ring (bicyclic) bond motifs is 1. The molecule has 4 aromatic heterocycles. The molecule has 4 aromatic rings. The van der Waals surface area contributed by atoms with Crippen LogP contribution >= 0.6 is 0 Å². The summed E-state index contributed by atoms with van der Waals surface area (Å²) in [6, 6.07) is 8.29. The number of urea groups is 1. The molecule has 0 unspecified atom stereocenters. The molecule has 0 saturated carbocycles. The molecule has 6 heterocycles. The molecule has 2 amide bonds. The third-order valence-corrected chi connectivity index (χ3v) is 7.84. The molecule has 0 spiro atoms. The second-order valence-electron chi connectivity index (χ2n) is 10.3. The summed E-state index contributed by atoms with van der Waals surface area (Å²) in [5.74, 6) is 0. The highest BCUT2D eigenvalue weighted by molar-refractivity contribution is 5.90. The Labute approximate surface area is 227 Å². The maximum Gasteiger partial charge on any atom is 0.433 e. The molecule has 0 atom stereocenters. The van der Waals surface area contributed by atoms with E-state index >= 15 is 0 Å². The third-order valence-electron chi connectivity index (χ3n) is 7.84. The van der Waals surface area contributed by atoms with Gasteiger partial charge in [0.05, 0.1) is 35.6 Å². The molecule has 2 aliphatic heterocycles. The van der Waals surface area contributed by atoms with Gasteiger partial charge in [-0.05, 0) is 37.1 Å². The fraction of sp³-hybridized carbons (Fsp3) is 0.370. The molecule has 0 bridgehead atoms. The normalized spacial score (nSPS) is 17.9. The van der Waals surface area contributed by atoms with E-state index in [9.17, 15) is 23.2 Å². The minimum atomic E-state index is -4.53. The van der Waals surface area contributed by atoms with E-state index in [1.165, 1.54) is 12.4 Å². The lowest BCUT2D eigenvalue weighted by Crippen LogP contribution is -2.66. The quantitative estimate of drug-likeness (QED) is 0.380. The Morgan fingerprint density at radius 1 is 1.15 bits per heavy atom. The Kier molecular flexibility index (Phi) is 6.42. The molecule has 0 aromatic carbocycles. The summed E-state index contributed by atoms with van der Waals surface area (Å²) in [5, 5.41) is 13.2. The number of pyridine rings is 1. The van der Waals surface area contributed by atoms with Crippen LogP contribution in [0.25, 0.3) is 22.3 Å². The molecule has 0 aliphatic carbocycles. The second kappa shape index (κ2) is 9.95. The van der Waals surface area contributed by atoms with Crippen molar-refractivity contribution in [3.8, 4) is 17.3 Å². The number of H-pyrrole nitrogens is 1. The third kappa shape index (κ3) is 4.75. The maximum atomic E-state index is 12.7. The standard InChI is InChI=1S/C27H26F3N9O/c28-27(29,30)22-2-1-19(13-33-22)36-25(40)37-10-5-20(6-11-37)38-15-26(16-38,7-8-31)39-12-4-18(14-39)23-21-3-9-32-24(21)35-17-34-23/h1-4,9,12-14,17,20H,5-7,10-11,15-16H2,(H,36,40)(H,32,34,35). The lowest BCUT2D eigenvalue weighted by Gasteiger charge is -2.54. The van der Waals surface area contributed by atoms with Gasteiger partial charge in [-0.15, -0.1) is 0 Å². The van der Waals surface area contributed by atoms with Crippen LogP contribution in [-0.4, -0.2) is 72.6 Å². The van der Waals surface area contributed by atoms with Gasteiger partial charge in [0.15, 0.2) is 0 Å². The summed E-state index contributed by atoms with van der Waals surface area (Å²) < 4.78 is 40.3. The van der Waals surface area contributed by atoms with Crippen LogP contribution in [0.4, 0.5) is 23.7 Å². The van der Waals surface area contributed by atoms with E-state index in [1.54, 1.807) is 4.90 Å². The van der Waals surface area contributed by atoms with E-state index in [0.29, 0.717) is 19.5 Å². The molecular weight excluding hydrogens is 523 g/mol. The van der Waals surface area contributed by atoms with Gasteiger partial charge in [0.2, 0.25) is 0 Å². The average Bonchev–Trinajstić information content (AvgIpc) is 3.61. The van der Waals surface area contributed by atoms with Crippen molar-refractivity contribution in [2.75, 3.05) is 31.5 Å². The number of amides is 2. The number of piperidine rings is 1. The number of alkyl halides is 3. The van der Waals surface area contributed by atoms with Crippen LogP contribution < -0.4 is 5.32 Å². The Hall–Kier alpha value is -4.44. The maximum absolute atomic E-state index is 12.7. The van der Waals surface area contributed by atoms with Gasteiger partial charge in [0.25, 0.3) is 0 Å². The van der Waals surface area contributed by atoms with Crippen molar-refractivity contribution in [2.45, 2.75) is 37.0 Å². The van der Waals surface area contributed by atoms with E-state index in [-0.39, 0.29) is 23.3 Å². The fourth-order valence-electron chi connectivity index (χ4n) is 5.69. The number of carbonyl (C=O) groups excluding carboxylic acids is 1. The zero-order chi connectivity index (χ0) is 27.9. The number of nitriles is 1. The van der Waals surface area contributed by atoms with Gasteiger partial charge in [-0.3, -0.25) is 4.90 Å². The lowest BCUT2D eigenvalue weighted by atomic mass is 9.83. The van der Waals surface area contributed by atoms with Crippen LogP contribution in [0.1, 0.15) is 25.0 Å². The van der Waals surface area contributed by atoms with Crippen LogP contribution in [0.5, 0.6) is 0 Å². The second-order valence-corrected chi connectivity index (χ2v) is 10.3. The van der Waals surface area contributed by atoms with Gasteiger partial charge in [0.1, 0.15) is 17.7 Å². The molecule has 13 heteroatoms. The molecule has 40 heavy (non-hydrogen) atoms. The molecule has 10 nitrogen and oxygen atoms in total. The number of rotatable bonds is 5. The van der Waals surface area contributed by atoms with Gasteiger partial charge in [0, 0.05) is 61.8 Å². The first-order valence-electron chi connectivity index (χ1n) is 12.9. The molecule has 2 fully saturated rings. The van der Waals surface area contributed by atoms with Crippen molar-refractivity contribution in [3.63, 3.8) is 0 Å². The molecule has 206 valence electrons. The largest absolute Gasteiger partial charge is 0.433 e. The number of hydrogen-bond acceptors (Lipinski definition) is 6. The van der Waals surface area contributed by atoms with Crippen LogP contribution in [0.2, 0.25) is 0 Å². The number of anilines is 1. The van der Waals surface area contributed by atoms with Crippen molar-refractivity contribution < 1.29 is 18.0 Å². The van der Waals surface area contributed by atoms with Gasteiger partial charge in [-0.25, -0.2) is 19.7 Å². The van der Waals surface area contributed by atoms with Crippen LogP contribution in [0, 0.1) is 11.3 Å². The van der Waals surface area contributed by atoms with Crippen molar-refractivity contribution in [3.05, 3.63) is 61.1 Å². The summed E-state index contributed by atoms with van der Waals surface area (Å²) in [7, 11) is 0. The molecule has 2 N–H and O–H groups in total. The smallest absolute Gasteiger partial charge is 0.346 e. The molecule has 2 saturated heterocycles. The summed E-state index contributed by atoms with van der Waals surface area (Å²) in [6.45, 7) is 2.51. The highest BCUT2D eigenvalue weighted by Crippen LogP contribution is 2.38. The van der Waals surface area contributed by atoms with Crippen molar-refractivity contribution in [1.29, 1.82) is 5.26 Å². The number of nitrogens with one attached hydrogen (secondary N) is 2. The van der Waals surface area contributed by atoms with E-state index in [4.69, 9.17) is 0 Å². The Morgan fingerprint density at radius 2 is 1.95 bits per heavy atom. The van der Waals surface area contributed by atoms with E-state index in [1.807, 2.05) is 30.7 Å². The highest BCUT2D eigenvalue weighted by atomic mass is 19.4. The molecule has 6 rings (SSSR count). The van der Waals surface area contributed by atoms with Crippen molar-refractivity contribution in [1.82, 2.24) is 34.3 Å². The molecule has 0 radical (unpaired) electrons. The first-order valence-corrected chi connectivity index (χ1v) is 12.9. The monoisotopic (exact) mass is 549 g/mol. The van der Waals surface area contributed by atoms with Gasteiger partial charge in [-0.2, -0.15) is 18.4 Å². The zero-order valence-corrected chi connectivity index (χ0v) is 21.4. The first-order chi connectivity index (χ1) is 19.3. The Morgan fingerprint density at radius 3 is 2.65 bits per heavy atom. The predicted molar refractivity (Wildman–Crippen MR) is 140 cm³/mol. The van der Waals surface area contributed by atoms with Gasteiger partial charge in [-0.1, -0.05) is 0 Å². The fourth-order valence-corrected chi connectivity index (χ4v) is 5.69. The Balaban J connectivity index is 1.06. The van der Waals surface area contributed by atoms with Crippen molar-refractivity contribution in [2.24, 2.45) is 0 Å². The number of hydrogen-bond donors (Lipinski definition) is 2. The Bertz CT molecular complexity index is 1560. The van der Waals surface area contributed by atoms with Gasteiger partial charge < -0.3 is 19.8 Å². The highest BCUT2D eigenvalue weighted by Gasteiger charge is 2.47. The number of halogens is 3. The number of aromatic nitrogens is 5. The minimum absolute atomic E-state index is 0.217. The number of likely N-dealkylation sites (tertiary alicyclic amines) is 2. The summed E-state index contributed by atoms with van der Waals surface area (Å²) in [5.41, 5.74) is 1.46. The predicted octanol–water partition coefficient (Wildman–Crippen LogP) is 4.46. The van der Waals surface area contributed by atoms with E-state index in [0.717, 1.165) is 60.5 Å². The van der Waals surface area contributed by atoms with Crippen LogP contribution in [0.15, 0.2) is 55.4 Å². The average molecular weight is 550 g/mol. The molecule has 2 aliphatic rings. The van der Waals surface area contributed by atoms with Crippen molar-refractivity contribution >= 4 is 22.8 Å². The van der Waals surface area contributed by atoms with Gasteiger partial charge >= 0.3 is 12.2 Å². The summed E-state index contributed by atoms with van der Waals surface area (Å²) in [6.07, 6.45) is 5.83.